The first-order valence-electron chi connectivity index (χ1n) is 11.9. The predicted molar refractivity (Wildman–Crippen MR) is 138 cm³/mol. The minimum Gasteiger partial charge on any atom is -0.446 e. The molecular formula is C27H24FN7O3. The van der Waals surface area contributed by atoms with Crippen LogP contribution in [0.2, 0.25) is 0 Å². The molecular weight excluding hydrogens is 489 g/mol. The molecule has 0 bridgehead atoms. The van der Waals surface area contributed by atoms with E-state index in [1.165, 1.54) is 12.1 Å². The molecule has 0 unspecified atom stereocenters. The number of ether oxygens (including phenoxy) is 1. The van der Waals surface area contributed by atoms with E-state index in [9.17, 15) is 19.2 Å². The zero-order chi connectivity index (χ0) is 27.0. The Kier molecular flexibility index (Phi) is 6.38. The molecule has 2 aromatic carbocycles. The van der Waals surface area contributed by atoms with Crippen molar-refractivity contribution in [2.75, 3.05) is 18.0 Å². The standard InChI is InChI=1S/C27H24FN7O3/c1-34-22-5-4-15(10-18(22)14-32-34)24-20(26(30)36)12-23(35-8-6-19(7-9-35)38-27(31)37)33-25(24)16-2-3-17(13-29)21(28)11-16/h2-5,10-12,14,19H,6-9H2,1H3,(H2,30,36)(H2,31,37). The van der Waals surface area contributed by atoms with Crippen LogP contribution in [0, 0.1) is 17.1 Å². The number of nitrogens with two attached hydrogens (primary N) is 2. The Morgan fingerprint density at radius 1 is 1.11 bits per heavy atom. The highest BCUT2D eigenvalue weighted by atomic mass is 19.1. The summed E-state index contributed by atoms with van der Waals surface area (Å²) >= 11 is 0. The third-order valence-corrected chi connectivity index (χ3v) is 6.72. The van der Waals surface area contributed by atoms with Crippen LogP contribution in [0.4, 0.5) is 15.0 Å². The van der Waals surface area contributed by atoms with Crippen LogP contribution in [-0.4, -0.2) is 46.0 Å². The Hall–Kier alpha value is -4.98. The fourth-order valence-electron chi connectivity index (χ4n) is 4.83. The number of nitrogens with zero attached hydrogens (tertiary/aromatic N) is 5. The number of aromatic nitrogens is 3. The molecule has 1 aliphatic rings. The van der Waals surface area contributed by atoms with E-state index in [2.05, 4.69) is 5.10 Å². The van der Waals surface area contributed by atoms with Crippen LogP contribution in [0.3, 0.4) is 0 Å². The molecule has 4 aromatic rings. The van der Waals surface area contributed by atoms with Crippen LogP contribution < -0.4 is 16.4 Å². The van der Waals surface area contributed by atoms with E-state index in [1.54, 1.807) is 23.0 Å². The smallest absolute Gasteiger partial charge is 0.404 e. The summed E-state index contributed by atoms with van der Waals surface area (Å²) in [5.74, 6) is -0.893. The van der Waals surface area contributed by atoms with E-state index >= 15 is 0 Å². The number of piperidine rings is 1. The number of amides is 2. The molecule has 10 nitrogen and oxygen atoms in total. The Balaban J connectivity index is 1.68. The fourth-order valence-corrected chi connectivity index (χ4v) is 4.83. The number of carbonyl (C=O) groups excluding carboxylic acids is 2. The normalized spacial score (nSPS) is 13.9. The summed E-state index contributed by atoms with van der Waals surface area (Å²) in [6.45, 7) is 0.983. The van der Waals surface area contributed by atoms with Crippen molar-refractivity contribution in [3.8, 4) is 28.5 Å². The van der Waals surface area contributed by atoms with Crippen LogP contribution in [-0.2, 0) is 11.8 Å². The topological polar surface area (TPSA) is 153 Å². The molecule has 0 aliphatic carbocycles. The molecule has 2 amide bonds. The van der Waals surface area contributed by atoms with Gasteiger partial charge in [-0.25, -0.2) is 14.2 Å². The Bertz CT molecular complexity index is 1620. The highest BCUT2D eigenvalue weighted by molar-refractivity contribution is 6.05. The number of hydrogen-bond acceptors (Lipinski definition) is 7. The van der Waals surface area contributed by atoms with Gasteiger partial charge in [0, 0.05) is 49.5 Å². The van der Waals surface area contributed by atoms with Crippen LogP contribution >= 0.6 is 0 Å². The number of hydrogen-bond donors (Lipinski definition) is 2. The Morgan fingerprint density at radius 3 is 2.50 bits per heavy atom. The van der Waals surface area contributed by atoms with Gasteiger partial charge in [0.25, 0.3) is 0 Å². The summed E-state index contributed by atoms with van der Waals surface area (Å²) in [6.07, 6.45) is 1.63. The number of fused-ring (bicyclic) bond motifs is 1. The minimum absolute atomic E-state index is 0.102. The van der Waals surface area contributed by atoms with Crippen LogP contribution in [0.25, 0.3) is 33.3 Å². The summed E-state index contributed by atoms with van der Waals surface area (Å²) in [5, 5.41) is 14.3. The molecule has 4 N–H and O–H groups in total. The van der Waals surface area contributed by atoms with Gasteiger partial charge in [0.05, 0.1) is 28.5 Å². The van der Waals surface area contributed by atoms with Gasteiger partial charge in [0.2, 0.25) is 5.91 Å². The largest absolute Gasteiger partial charge is 0.446 e. The average Bonchev–Trinajstić information content (AvgIpc) is 3.27. The second kappa shape index (κ2) is 9.82. The first-order chi connectivity index (χ1) is 18.2. The molecule has 5 rings (SSSR count). The minimum atomic E-state index is -0.822. The monoisotopic (exact) mass is 513 g/mol. The highest BCUT2D eigenvalue weighted by Crippen LogP contribution is 2.38. The van der Waals surface area contributed by atoms with Crippen molar-refractivity contribution in [1.82, 2.24) is 14.8 Å². The van der Waals surface area contributed by atoms with Crippen LogP contribution in [0.1, 0.15) is 28.8 Å². The quantitative estimate of drug-likeness (QED) is 0.414. The van der Waals surface area contributed by atoms with Crippen molar-refractivity contribution in [3.05, 3.63) is 65.6 Å². The van der Waals surface area contributed by atoms with E-state index in [4.69, 9.17) is 21.2 Å². The second-order valence-electron chi connectivity index (χ2n) is 9.09. The van der Waals surface area contributed by atoms with Crippen molar-refractivity contribution in [2.24, 2.45) is 18.5 Å². The third kappa shape index (κ3) is 4.59. The number of rotatable bonds is 5. The maximum atomic E-state index is 14.7. The lowest BCUT2D eigenvalue weighted by Gasteiger charge is -2.33. The summed E-state index contributed by atoms with van der Waals surface area (Å²) in [4.78, 5) is 30.7. The number of carbonyl (C=O) groups is 2. The number of aryl methyl sites for hydroxylation is 1. The molecule has 0 atom stereocenters. The first kappa shape index (κ1) is 24.7. The zero-order valence-electron chi connectivity index (χ0n) is 20.5. The van der Waals surface area contributed by atoms with Gasteiger partial charge in [0.15, 0.2) is 0 Å². The fraction of sp³-hybridized carbons (Fsp3) is 0.222. The van der Waals surface area contributed by atoms with Gasteiger partial charge >= 0.3 is 6.09 Å². The van der Waals surface area contributed by atoms with E-state index in [1.807, 2.05) is 36.2 Å². The molecule has 0 radical (unpaired) electrons. The Morgan fingerprint density at radius 2 is 1.84 bits per heavy atom. The predicted octanol–water partition coefficient (Wildman–Crippen LogP) is 3.48. The molecule has 1 fully saturated rings. The first-order valence-corrected chi connectivity index (χ1v) is 11.9. The molecule has 1 aliphatic heterocycles. The zero-order valence-corrected chi connectivity index (χ0v) is 20.5. The summed E-state index contributed by atoms with van der Waals surface area (Å²) in [5.41, 5.74) is 13.9. The van der Waals surface area contributed by atoms with E-state index in [0.717, 1.165) is 10.9 Å². The van der Waals surface area contributed by atoms with Crippen molar-refractivity contribution >= 4 is 28.7 Å². The molecule has 11 heteroatoms. The van der Waals surface area contributed by atoms with Crippen LogP contribution in [0.5, 0.6) is 0 Å². The number of primary amides is 2. The van der Waals surface area contributed by atoms with Gasteiger partial charge in [-0.15, -0.1) is 0 Å². The second-order valence-corrected chi connectivity index (χ2v) is 9.09. The SMILES string of the molecule is Cn1ncc2cc(-c3c(C(N)=O)cc(N4CCC(OC(N)=O)CC4)nc3-c3ccc(C#N)c(F)c3)ccc21. The number of halogens is 1. The maximum Gasteiger partial charge on any atom is 0.404 e. The van der Waals surface area contributed by atoms with Gasteiger partial charge in [-0.05, 0) is 35.9 Å². The Labute approximate surface area is 217 Å². The summed E-state index contributed by atoms with van der Waals surface area (Å²) in [7, 11) is 1.83. The lowest BCUT2D eigenvalue weighted by Crippen LogP contribution is -2.39. The van der Waals surface area contributed by atoms with Crippen molar-refractivity contribution < 1.29 is 18.7 Å². The third-order valence-electron chi connectivity index (χ3n) is 6.72. The molecule has 3 heterocycles. The lowest BCUT2D eigenvalue weighted by molar-refractivity contribution is 0.0910. The lowest BCUT2D eigenvalue weighted by atomic mass is 9.92. The van der Waals surface area contributed by atoms with E-state index < -0.39 is 17.8 Å². The molecule has 192 valence electrons. The van der Waals surface area contributed by atoms with Gasteiger partial charge in [0.1, 0.15) is 23.8 Å². The van der Waals surface area contributed by atoms with Gasteiger partial charge in [-0.1, -0.05) is 12.1 Å². The number of anilines is 1. The van der Waals surface area contributed by atoms with Gasteiger partial charge in [-0.3, -0.25) is 9.48 Å². The van der Waals surface area contributed by atoms with Crippen molar-refractivity contribution in [3.63, 3.8) is 0 Å². The van der Waals surface area contributed by atoms with Crippen molar-refractivity contribution in [2.45, 2.75) is 18.9 Å². The van der Waals surface area contributed by atoms with E-state index in [-0.39, 0.29) is 17.2 Å². The van der Waals surface area contributed by atoms with Gasteiger partial charge in [-0.2, -0.15) is 10.4 Å². The summed E-state index contributed by atoms with van der Waals surface area (Å²) < 4.78 is 21.6. The molecule has 38 heavy (non-hydrogen) atoms. The number of nitriles is 1. The van der Waals surface area contributed by atoms with E-state index in [0.29, 0.717) is 54.1 Å². The highest BCUT2D eigenvalue weighted by Gasteiger charge is 2.26. The number of benzene rings is 2. The molecule has 1 saturated heterocycles. The van der Waals surface area contributed by atoms with Gasteiger partial charge < -0.3 is 21.1 Å². The molecule has 2 aromatic heterocycles. The molecule has 0 spiro atoms. The van der Waals surface area contributed by atoms with Crippen molar-refractivity contribution in [1.29, 1.82) is 5.26 Å². The van der Waals surface area contributed by atoms with Crippen LogP contribution in [0.15, 0.2) is 48.7 Å². The number of pyridine rings is 1. The maximum absolute atomic E-state index is 14.7. The summed E-state index contributed by atoms with van der Waals surface area (Å²) in [6, 6.07) is 13.2. The molecule has 0 saturated carbocycles. The average molecular weight is 514 g/mol.